The molecule has 0 amide bonds. The van der Waals surface area contributed by atoms with E-state index in [9.17, 15) is 0 Å². The molecule has 0 saturated heterocycles. The Bertz CT molecular complexity index is 564. The molecule has 2 aromatic heterocycles. The number of aromatic nitrogens is 3. The minimum absolute atomic E-state index is 0.0321. The van der Waals surface area contributed by atoms with E-state index in [1.807, 2.05) is 6.92 Å². The molecule has 2 heterocycles. The first kappa shape index (κ1) is 11.9. The molecule has 3 N–H and O–H groups in total. The first-order valence-corrected chi connectivity index (χ1v) is 5.36. The number of ether oxygens (including phenoxy) is 1. The van der Waals surface area contributed by atoms with Crippen LogP contribution in [0.25, 0.3) is 0 Å². The smallest absolute Gasteiger partial charge is 0.173 e. The normalized spacial score (nSPS) is 11.5. The molecule has 18 heavy (non-hydrogen) atoms. The van der Waals surface area contributed by atoms with Gasteiger partial charge in [-0.2, -0.15) is 5.10 Å². The average Bonchev–Trinajstić information content (AvgIpc) is 2.86. The van der Waals surface area contributed by atoms with E-state index in [0.29, 0.717) is 17.1 Å². The van der Waals surface area contributed by atoms with Crippen LogP contribution in [0.3, 0.4) is 0 Å². The number of pyridine rings is 1. The third-order valence-electron chi connectivity index (χ3n) is 2.33. The predicted molar refractivity (Wildman–Crippen MR) is 64.7 cm³/mol. The summed E-state index contributed by atoms with van der Waals surface area (Å²) in [6, 6.07) is 1.61. The van der Waals surface area contributed by atoms with Crippen LogP contribution in [0.5, 0.6) is 11.5 Å². The number of hydrogen-bond acceptors (Lipinski definition) is 5. The minimum atomic E-state index is -0.0321. The zero-order chi connectivity index (χ0) is 13.0. The molecular formula is C11H13N5O2. The van der Waals surface area contributed by atoms with Gasteiger partial charge in [-0.3, -0.25) is 9.67 Å². The second-order valence-electron chi connectivity index (χ2n) is 3.49. The van der Waals surface area contributed by atoms with Crippen LogP contribution in [0.2, 0.25) is 0 Å². The second kappa shape index (κ2) is 5.17. The zero-order valence-corrected chi connectivity index (χ0v) is 9.82. The van der Waals surface area contributed by atoms with Gasteiger partial charge in [0.25, 0.3) is 0 Å². The zero-order valence-electron chi connectivity index (χ0n) is 9.82. The van der Waals surface area contributed by atoms with Crippen LogP contribution in [0, 0.1) is 0 Å². The van der Waals surface area contributed by atoms with E-state index in [0.717, 1.165) is 6.54 Å². The van der Waals surface area contributed by atoms with Crippen LogP contribution in [-0.2, 0) is 6.54 Å². The molecule has 2 rings (SSSR count). The maximum atomic E-state index is 8.69. The van der Waals surface area contributed by atoms with Crippen molar-refractivity contribution >= 4 is 5.84 Å². The van der Waals surface area contributed by atoms with Gasteiger partial charge >= 0.3 is 0 Å². The average molecular weight is 247 g/mol. The summed E-state index contributed by atoms with van der Waals surface area (Å²) in [6.07, 6.45) is 6.38. The summed E-state index contributed by atoms with van der Waals surface area (Å²) in [6.45, 7) is 2.73. The highest BCUT2D eigenvalue weighted by Crippen LogP contribution is 2.23. The molecule has 0 spiro atoms. The van der Waals surface area contributed by atoms with Gasteiger partial charge in [-0.1, -0.05) is 5.16 Å². The summed E-state index contributed by atoms with van der Waals surface area (Å²) < 4.78 is 7.33. The van der Waals surface area contributed by atoms with Crippen molar-refractivity contribution in [3.8, 4) is 11.5 Å². The largest absolute Gasteiger partial charge is 0.452 e. The molecular weight excluding hydrogens is 234 g/mol. The minimum Gasteiger partial charge on any atom is -0.452 e. The molecule has 7 nitrogen and oxygen atoms in total. The van der Waals surface area contributed by atoms with Gasteiger partial charge in [0.1, 0.15) is 0 Å². The van der Waals surface area contributed by atoms with Crippen LogP contribution in [-0.4, -0.2) is 25.8 Å². The van der Waals surface area contributed by atoms with E-state index >= 15 is 0 Å². The maximum Gasteiger partial charge on any atom is 0.173 e. The lowest BCUT2D eigenvalue weighted by atomic mass is 10.2. The third-order valence-corrected chi connectivity index (χ3v) is 2.33. The fourth-order valence-corrected chi connectivity index (χ4v) is 1.42. The Hall–Kier alpha value is -2.57. The number of hydrogen-bond donors (Lipinski definition) is 2. The quantitative estimate of drug-likeness (QED) is 0.366. The third kappa shape index (κ3) is 2.40. The lowest BCUT2D eigenvalue weighted by Gasteiger charge is -2.07. The van der Waals surface area contributed by atoms with Crippen LogP contribution < -0.4 is 10.5 Å². The highest BCUT2D eigenvalue weighted by Gasteiger charge is 2.10. The van der Waals surface area contributed by atoms with Crippen LogP contribution in [0.1, 0.15) is 12.5 Å². The number of oxime groups is 1. The molecule has 7 heteroatoms. The van der Waals surface area contributed by atoms with E-state index < -0.39 is 0 Å². The predicted octanol–water partition coefficient (Wildman–Crippen LogP) is 1.18. The molecule has 0 aliphatic rings. The van der Waals surface area contributed by atoms with E-state index in [-0.39, 0.29) is 5.84 Å². The molecule has 94 valence electrons. The van der Waals surface area contributed by atoms with Crippen molar-refractivity contribution in [3.63, 3.8) is 0 Å². The molecule has 0 bridgehead atoms. The molecule has 0 aromatic carbocycles. The van der Waals surface area contributed by atoms with Crippen LogP contribution >= 0.6 is 0 Å². The van der Waals surface area contributed by atoms with Gasteiger partial charge in [0.15, 0.2) is 17.3 Å². The lowest BCUT2D eigenvalue weighted by molar-refractivity contribution is 0.318. The molecule has 0 unspecified atom stereocenters. The Kier molecular flexibility index (Phi) is 3.42. The first-order chi connectivity index (χ1) is 8.74. The van der Waals surface area contributed by atoms with Gasteiger partial charge in [0, 0.05) is 12.7 Å². The SMILES string of the molecule is CCn1cc(Oc2cnccc2/C(N)=N/O)cn1. The van der Waals surface area contributed by atoms with Gasteiger partial charge in [0.05, 0.1) is 24.2 Å². The van der Waals surface area contributed by atoms with Crippen molar-refractivity contribution in [1.29, 1.82) is 0 Å². The monoisotopic (exact) mass is 247 g/mol. The lowest BCUT2D eigenvalue weighted by Crippen LogP contribution is -2.14. The number of rotatable bonds is 4. The Balaban J connectivity index is 2.28. The summed E-state index contributed by atoms with van der Waals surface area (Å²) in [5.74, 6) is 0.940. The van der Waals surface area contributed by atoms with E-state index in [2.05, 4.69) is 15.2 Å². The molecule has 2 aromatic rings. The summed E-state index contributed by atoms with van der Waals surface area (Å²) in [5, 5.41) is 15.7. The number of amidine groups is 1. The first-order valence-electron chi connectivity index (χ1n) is 5.36. The van der Waals surface area contributed by atoms with Crippen molar-refractivity contribution < 1.29 is 9.94 Å². The van der Waals surface area contributed by atoms with E-state index in [1.165, 1.54) is 12.4 Å². The van der Waals surface area contributed by atoms with Crippen LogP contribution in [0.4, 0.5) is 0 Å². The van der Waals surface area contributed by atoms with Gasteiger partial charge < -0.3 is 15.7 Å². The van der Waals surface area contributed by atoms with Crippen molar-refractivity contribution in [2.45, 2.75) is 13.5 Å². The Morgan fingerprint density at radius 2 is 2.39 bits per heavy atom. The van der Waals surface area contributed by atoms with Crippen molar-refractivity contribution in [1.82, 2.24) is 14.8 Å². The van der Waals surface area contributed by atoms with Gasteiger partial charge in [-0.25, -0.2) is 0 Å². The standard InChI is InChI=1S/C11H13N5O2/c1-2-16-7-8(5-14-16)18-10-6-13-4-3-9(10)11(12)15-17/h3-7,17H,2H2,1H3,(H2,12,15). The van der Waals surface area contributed by atoms with Gasteiger partial charge in [-0.15, -0.1) is 0 Å². The highest BCUT2D eigenvalue weighted by molar-refractivity contribution is 5.99. The number of aryl methyl sites for hydroxylation is 1. The van der Waals surface area contributed by atoms with Crippen LogP contribution in [0.15, 0.2) is 36.0 Å². The number of nitrogens with zero attached hydrogens (tertiary/aromatic N) is 4. The number of nitrogens with two attached hydrogens (primary N) is 1. The molecule has 0 radical (unpaired) electrons. The molecule has 0 aliphatic heterocycles. The van der Waals surface area contributed by atoms with E-state index in [4.69, 9.17) is 15.7 Å². The van der Waals surface area contributed by atoms with Crippen molar-refractivity contribution in [3.05, 3.63) is 36.4 Å². The molecule has 0 fully saturated rings. The molecule has 0 aliphatic carbocycles. The maximum absolute atomic E-state index is 8.69. The Morgan fingerprint density at radius 3 is 3.06 bits per heavy atom. The fourth-order valence-electron chi connectivity index (χ4n) is 1.42. The highest BCUT2D eigenvalue weighted by atomic mass is 16.5. The fraction of sp³-hybridized carbons (Fsp3) is 0.182. The van der Waals surface area contributed by atoms with Crippen molar-refractivity contribution in [2.24, 2.45) is 10.9 Å². The summed E-state index contributed by atoms with van der Waals surface area (Å²) in [7, 11) is 0. The summed E-state index contributed by atoms with van der Waals surface area (Å²) in [4.78, 5) is 3.94. The summed E-state index contributed by atoms with van der Waals surface area (Å²) >= 11 is 0. The Morgan fingerprint density at radius 1 is 1.56 bits per heavy atom. The Labute approximate surface area is 104 Å². The van der Waals surface area contributed by atoms with Gasteiger partial charge in [0.2, 0.25) is 0 Å². The molecule has 0 atom stereocenters. The van der Waals surface area contributed by atoms with E-state index in [1.54, 1.807) is 23.1 Å². The summed E-state index contributed by atoms with van der Waals surface area (Å²) in [5.41, 5.74) is 6.02. The second-order valence-corrected chi connectivity index (χ2v) is 3.49. The van der Waals surface area contributed by atoms with Crippen molar-refractivity contribution in [2.75, 3.05) is 0 Å². The van der Waals surface area contributed by atoms with Gasteiger partial charge in [-0.05, 0) is 13.0 Å². The molecule has 0 saturated carbocycles. The topological polar surface area (TPSA) is 98.6 Å².